The number of carbonyl (C=O) groups is 4. The van der Waals surface area contributed by atoms with Gasteiger partial charge in [0.15, 0.2) is 0 Å². The number of hydrogen-bond acceptors (Lipinski definition) is 8. The summed E-state index contributed by atoms with van der Waals surface area (Å²) in [6.45, 7) is 13.0. The van der Waals surface area contributed by atoms with Crippen LogP contribution in [0.4, 0.5) is 0 Å². The third-order valence-corrected chi connectivity index (χ3v) is 20.0. The monoisotopic (exact) mass is 950 g/mol. The van der Waals surface area contributed by atoms with Gasteiger partial charge in [-0.25, -0.2) is 20.0 Å². The van der Waals surface area contributed by atoms with Crippen LogP contribution in [0.5, 0.6) is 0 Å². The zero-order chi connectivity index (χ0) is 47.3. The molecular formula is C54H64N8O4P2. The van der Waals surface area contributed by atoms with Gasteiger partial charge in [-0.1, -0.05) is 97.1 Å². The van der Waals surface area contributed by atoms with Gasteiger partial charge >= 0.3 is 0 Å². The average Bonchev–Trinajstić information content (AvgIpc) is 3.90. The van der Waals surface area contributed by atoms with Crippen molar-refractivity contribution >= 4 is 50.1 Å². The standard InChI is InChI=1S/C54H64N8O4P2/c1-5-55-47(63)37-23-9-13-27-41(37)51-59-33-19-20-34-60(59)52(42-28-14-10-24-38(42)48(64)56-6-2)67(51)45-31-17-18-32-46(45)68-53(43-29-15-11-25-39(43)49(65)57-7-3)61-35-21-22-36-62(61)54(68)44-30-16-12-26-40(44)50(66)58-8-4/h9-18,23-32,51-54H,5-8,19-22,33-36H2,1-4H3,(H,55,63)(H,56,64)(H,57,65)(H,58,66). The normalized spacial score (nSPS) is 23.1. The third kappa shape index (κ3) is 8.92. The first-order valence-electron chi connectivity index (χ1n) is 24.5. The second kappa shape index (κ2) is 21.5. The topological polar surface area (TPSA) is 129 Å². The van der Waals surface area contributed by atoms with Crippen LogP contribution in [-0.2, 0) is 0 Å². The SMILES string of the molecule is CCNC(=O)c1ccccc1C1N2CCCCN2C(c2ccccc2C(=O)NCC)P1c1ccccc1P1C(c2ccccc2C(=O)NCC)N2CCCCN2C1c1ccccc1C(=O)NCC. The van der Waals surface area contributed by atoms with Crippen molar-refractivity contribution in [3.05, 3.63) is 166 Å². The van der Waals surface area contributed by atoms with Crippen molar-refractivity contribution in [2.24, 2.45) is 0 Å². The van der Waals surface area contributed by atoms with E-state index in [9.17, 15) is 19.2 Å². The van der Waals surface area contributed by atoms with Crippen molar-refractivity contribution in [2.45, 2.75) is 76.5 Å². The summed E-state index contributed by atoms with van der Waals surface area (Å²) >= 11 is 0. The minimum atomic E-state index is -1.34. The van der Waals surface area contributed by atoms with E-state index in [0.29, 0.717) is 48.4 Å². The zero-order valence-electron chi connectivity index (χ0n) is 39.7. The highest BCUT2D eigenvalue weighted by atomic mass is 31.1. The van der Waals surface area contributed by atoms with Crippen molar-refractivity contribution in [3.63, 3.8) is 0 Å². The Morgan fingerprint density at radius 3 is 0.838 bits per heavy atom. The molecule has 354 valence electrons. The number of fused-ring (bicyclic) bond motifs is 2. The average molecular weight is 951 g/mol. The van der Waals surface area contributed by atoms with E-state index in [1.807, 2.05) is 76.2 Å². The summed E-state index contributed by atoms with van der Waals surface area (Å²) in [4.78, 5) is 56.9. The van der Waals surface area contributed by atoms with E-state index in [0.717, 1.165) is 74.1 Å². The Labute approximate surface area is 403 Å². The highest BCUT2D eigenvalue weighted by molar-refractivity contribution is 7.72. The van der Waals surface area contributed by atoms with E-state index in [2.05, 4.69) is 114 Å². The van der Waals surface area contributed by atoms with Crippen molar-refractivity contribution in [1.29, 1.82) is 0 Å². The van der Waals surface area contributed by atoms with Gasteiger partial charge in [0.1, 0.15) is 0 Å². The molecule has 0 bridgehead atoms. The molecule has 14 heteroatoms. The second-order valence-electron chi connectivity index (χ2n) is 17.7. The van der Waals surface area contributed by atoms with E-state index < -0.39 is 15.8 Å². The minimum Gasteiger partial charge on any atom is -0.352 e. The predicted molar refractivity (Wildman–Crippen MR) is 274 cm³/mol. The molecule has 4 fully saturated rings. The van der Waals surface area contributed by atoms with Gasteiger partial charge in [0, 0.05) is 74.6 Å². The lowest BCUT2D eigenvalue weighted by atomic mass is 10.0. The van der Waals surface area contributed by atoms with Crippen LogP contribution in [-0.4, -0.2) is 96.0 Å². The molecular weight excluding hydrogens is 887 g/mol. The summed E-state index contributed by atoms with van der Waals surface area (Å²) in [5.74, 6) is -1.30. The minimum absolute atomic E-state index is 0.102. The van der Waals surface area contributed by atoms with E-state index in [4.69, 9.17) is 0 Å². The molecule has 0 radical (unpaired) electrons. The molecule has 68 heavy (non-hydrogen) atoms. The molecule has 4 heterocycles. The van der Waals surface area contributed by atoms with Crippen LogP contribution in [0.25, 0.3) is 0 Å². The maximum atomic E-state index is 14.2. The van der Waals surface area contributed by atoms with Crippen molar-refractivity contribution in [2.75, 3.05) is 52.4 Å². The van der Waals surface area contributed by atoms with Crippen molar-refractivity contribution in [1.82, 2.24) is 41.3 Å². The molecule has 4 saturated heterocycles. The second-order valence-corrected chi connectivity index (χ2v) is 22.2. The number of hydrazine groups is 2. The van der Waals surface area contributed by atoms with Gasteiger partial charge < -0.3 is 21.3 Å². The molecule has 4 unspecified atom stereocenters. The summed E-state index contributed by atoms with van der Waals surface area (Å²) < 4.78 is 0. The van der Waals surface area contributed by atoms with Crippen molar-refractivity contribution < 1.29 is 19.2 Å². The number of nitrogens with zero attached hydrogens (tertiary/aromatic N) is 4. The Morgan fingerprint density at radius 2 is 0.603 bits per heavy atom. The summed E-state index contributed by atoms with van der Waals surface area (Å²) in [7, 11) is -2.69. The molecule has 0 saturated carbocycles. The molecule has 9 rings (SSSR count). The first kappa shape index (κ1) is 47.7. The van der Waals surface area contributed by atoms with E-state index >= 15 is 0 Å². The number of nitrogens with one attached hydrogen (secondary N) is 4. The molecule has 0 aromatic heterocycles. The fourth-order valence-electron chi connectivity index (χ4n) is 10.9. The molecule has 5 aromatic carbocycles. The lowest BCUT2D eigenvalue weighted by Gasteiger charge is -2.38. The summed E-state index contributed by atoms with van der Waals surface area (Å²) in [6.07, 6.45) is 4.00. The lowest BCUT2D eigenvalue weighted by Crippen LogP contribution is -2.44. The van der Waals surface area contributed by atoms with Gasteiger partial charge in [-0.3, -0.25) is 19.2 Å². The van der Waals surface area contributed by atoms with E-state index in [-0.39, 0.29) is 46.8 Å². The number of benzene rings is 5. The largest absolute Gasteiger partial charge is 0.352 e. The summed E-state index contributed by atoms with van der Waals surface area (Å²) in [5.41, 5.74) is 6.52. The Kier molecular flexibility index (Phi) is 15.1. The Bertz CT molecular complexity index is 2310. The van der Waals surface area contributed by atoms with Gasteiger partial charge in [-0.15, -0.1) is 0 Å². The number of amides is 4. The Hall–Kier alpha value is -5.32. The maximum Gasteiger partial charge on any atom is 0.251 e. The zero-order valence-corrected chi connectivity index (χ0v) is 41.4. The molecule has 4 aliphatic rings. The fraction of sp³-hybridized carbons (Fsp3) is 0.370. The van der Waals surface area contributed by atoms with Crippen LogP contribution in [0.2, 0.25) is 0 Å². The van der Waals surface area contributed by atoms with Crippen LogP contribution in [0.3, 0.4) is 0 Å². The summed E-state index contributed by atoms with van der Waals surface area (Å²) in [5, 5.41) is 25.0. The Morgan fingerprint density at radius 1 is 0.382 bits per heavy atom. The smallest absolute Gasteiger partial charge is 0.251 e. The molecule has 0 spiro atoms. The van der Waals surface area contributed by atoms with E-state index in [1.165, 1.54) is 10.6 Å². The maximum absolute atomic E-state index is 14.2. The number of carbonyl (C=O) groups excluding carboxylic acids is 4. The number of hydrogen-bond donors (Lipinski definition) is 4. The van der Waals surface area contributed by atoms with Gasteiger partial charge in [0.25, 0.3) is 23.6 Å². The van der Waals surface area contributed by atoms with Gasteiger partial charge in [-0.2, -0.15) is 0 Å². The molecule has 0 aliphatic carbocycles. The third-order valence-electron chi connectivity index (χ3n) is 13.6. The number of rotatable bonds is 14. The van der Waals surface area contributed by atoms with Crippen LogP contribution in [0.1, 0.15) is 140 Å². The lowest BCUT2D eigenvalue weighted by molar-refractivity contribution is -0.0533. The van der Waals surface area contributed by atoms with Crippen LogP contribution in [0, 0.1) is 0 Å². The highest BCUT2D eigenvalue weighted by Crippen LogP contribution is 2.74. The van der Waals surface area contributed by atoms with Gasteiger partial charge in [-0.05, 0) is 126 Å². The quantitative estimate of drug-likeness (QED) is 0.0819. The molecule has 4 atom stereocenters. The molecule has 5 aromatic rings. The van der Waals surface area contributed by atoms with Gasteiger partial charge in [0.2, 0.25) is 0 Å². The van der Waals surface area contributed by atoms with Crippen LogP contribution < -0.4 is 31.9 Å². The first-order valence-corrected chi connectivity index (χ1v) is 27.5. The van der Waals surface area contributed by atoms with Gasteiger partial charge in [0.05, 0.1) is 23.1 Å². The molecule has 12 nitrogen and oxygen atoms in total. The van der Waals surface area contributed by atoms with Crippen molar-refractivity contribution in [3.8, 4) is 0 Å². The van der Waals surface area contributed by atoms with E-state index in [1.54, 1.807) is 0 Å². The first-order chi connectivity index (χ1) is 33.3. The molecule has 4 aliphatic heterocycles. The Balaban J connectivity index is 1.35. The van der Waals surface area contributed by atoms with Crippen LogP contribution >= 0.6 is 15.8 Å². The molecule has 4 N–H and O–H groups in total. The summed E-state index contributed by atoms with van der Waals surface area (Å²) in [6, 6.07) is 41.4. The fourth-order valence-corrected chi connectivity index (χ4v) is 18.6. The van der Waals surface area contributed by atoms with Crippen LogP contribution in [0.15, 0.2) is 121 Å². The predicted octanol–water partition coefficient (Wildman–Crippen LogP) is 8.35. The molecule has 4 amide bonds. The highest BCUT2D eigenvalue weighted by Gasteiger charge is 2.56.